The molecule has 35 heavy (non-hydrogen) atoms. The number of carbonyl (C=O) groups is 1. The van der Waals surface area contributed by atoms with Crippen LogP contribution in [0.25, 0.3) is 0 Å². The van der Waals surface area contributed by atoms with Crippen LogP contribution in [0.1, 0.15) is 102 Å². The van der Waals surface area contributed by atoms with Crippen molar-refractivity contribution < 1.29 is 19.7 Å². The zero-order chi connectivity index (χ0) is 25.2. The number of amides is 1. The van der Waals surface area contributed by atoms with E-state index in [1.807, 2.05) is 6.07 Å². The molecule has 0 spiro atoms. The minimum atomic E-state index is -2.13. The van der Waals surface area contributed by atoms with E-state index in [1.54, 1.807) is 24.3 Å². The van der Waals surface area contributed by atoms with Gasteiger partial charge in [0.05, 0.1) is 19.3 Å². The molecule has 0 aromatic heterocycles. The highest BCUT2D eigenvalue weighted by Crippen LogP contribution is 2.23. The number of aliphatic hydroxyl groups is 2. The van der Waals surface area contributed by atoms with Crippen LogP contribution in [0.15, 0.2) is 30.3 Å². The standard InChI is InChI=1S/C29H50N2O4/c1-2-3-4-5-6-7-8-9-10-11-12-13-17-20-28(32)30-27(25-31-21-23-35-24-22-31)29(33,34)26-18-15-14-16-19-26/h14-16,18-19,27,33-34H,2-13,17,20-25H2,1H3,(H,30,32). The van der Waals surface area contributed by atoms with E-state index in [2.05, 4.69) is 17.1 Å². The van der Waals surface area contributed by atoms with Gasteiger partial charge in [0.25, 0.3) is 0 Å². The maximum absolute atomic E-state index is 12.7. The Morgan fingerprint density at radius 3 is 1.94 bits per heavy atom. The van der Waals surface area contributed by atoms with Crippen LogP contribution < -0.4 is 5.32 Å². The van der Waals surface area contributed by atoms with Crippen molar-refractivity contribution in [3.63, 3.8) is 0 Å². The molecule has 2 rings (SSSR count). The molecule has 3 N–H and O–H groups in total. The molecule has 1 aromatic carbocycles. The SMILES string of the molecule is CCCCCCCCCCCCCCCC(=O)NC(CN1CCOCC1)C(O)(O)c1ccccc1. The number of rotatable bonds is 19. The number of carbonyl (C=O) groups excluding carboxylic acids is 1. The van der Waals surface area contributed by atoms with Gasteiger partial charge in [-0.3, -0.25) is 9.69 Å². The molecule has 0 bridgehead atoms. The van der Waals surface area contributed by atoms with Crippen LogP contribution in [0.5, 0.6) is 0 Å². The molecule has 0 saturated carbocycles. The fourth-order valence-corrected chi connectivity index (χ4v) is 4.77. The second kappa shape index (κ2) is 17.9. The Hall–Kier alpha value is -1.47. The topological polar surface area (TPSA) is 82.0 Å². The van der Waals surface area contributed by atoms with Gasteiger partial charge in [-0.15, -0.1) is 0 Å². The van der Waals surface area contributed by atoms with Crippen molar-refractivity contribution in [2.45, 2.75) is 109 Å². The van der Waals surface area contributed by atoms with Gasteiger partial charge in [-0.25, -0.2) is 0 Å². The molecule has 0 aliphatic carbocycles. The molecule has 1 amide bonds. The van der Waals surface area contributed by atoms with E-state index >= 15 is 0 Å². The third kappa shape index (κ3) is 12.4. The molecule has 6 heteroatoms. The molecule has 1 heterocycles. The summed E-state index contributed by atoms with van der Waals surface area (Å²) >= 11 is 0. The maximum Gasteiger partial charge on any atom is 0.220 e. The van der Waals surface area contributed by atoms with Crippen LogP contribution in [0.3, 0.4) is 0 Å². The summed E-state index contributed by atoms with van der Waals surface area (Å²) in [6.07, 6.45) is 16.9. The minimum Gasteiger partial charge on any atom is -0.379 e. The summed E-state index contributed by atoms with van der Waals surface area (Å²) < 4.78 is 5.41. The van der Waals surface area contributed by atoms with Crippen LogP contribution in [0, 0.1) is 0 Å². The predicted octanol–water partition coefficient (Wildman–Crippen LogP) is 5.12. The Balaban J connectivity index is 1.65. The van der Waals surface area contributed by atoms with Crippen LogP contribution in [0.4, 0.5) is 0 Å². The van der Waals surface area contributed by atoms with Gasteiger partial charge in [0.15, 0.2) is 0 Å². The van der Waals surface area contributed by atoms with Crippen molar-refractivity contribution >= 4 is 5.91 Å². The van der Waals surface area contributed by atoms with Crippen molar-refractivity contribution in [2.24, 2.45) is 0 Å². The van der Waals surface area contributed by atoms with Crippen molar-refractivity contribution in [1.82, 2.24) is 10.2 Å². The van der Waals surface area contributed by atoms with Gasteiger partial charge in [-0.05, 0) is 6.42 Å². The third-order valence-electron chi connectivity index (χ3n) is 7.07. The summed E-state index contributed by atoms with van der Waals surface area (Å²) in [5.74, 6) is -2.25. The summed E-state index contributed by atoms with van der Waals surface area (Å²) in [7, 11) is 0. The van der Waals surface area contributed by atoms with Gasteiger partial charge < -0.3 is 20.3 Å². The summed E-state index contributed by atoms with van der Waals surface area (Å²) in [5.41, 5.74) is 0.388. The Morgan fingerprint density at radius 1 is 0.886 bits per heavy atom. The fraction of sp³-hybridized carbons (Fsp3) is 0.759. The van der Waals surface area contributed by atoms with Crippen LogP contribution in [0.2, 0.25) is 0 Å². The highest BCUT2D eigenvalue weighted by atomic mass is 16.5. The van der Waals surface area contributed by atoms with E-state index in [0.29, 0.717) is 31.7 Å². The van der Waals surface area contributed by atoms with Crippen molar-refractivity contribution in [1.29, 1.82) is 0 Å². The lowest BCUT2D eigenvalue weighted by Crippen LogP contribution is -2.57. The lowest BCUT2D eigenvalue weighted by Gasteiger charge is -2.37. The zero-order valence-electron chi connectivity index (χ0n) is 22.1. The largest absolute Gasteiger partial charge is 0.379 e. The summed E-state index contributed by atoms with van der Waals surface area (Å²) in [4.78, 5) is 14.8. The molecule has 1 aliphatic rings. The molecule has 200 valence electrons. The van der Waals surface area contributed by atoms with Gasteiger partial charge in [0.2, 0.25) is 11.7 Å². The average Bonchev–Trinajstić information content (AvgIpc) is 2.87. The number of ether oxygens (including phenoxy) is 1. The zero-order valence-corrected chi connectivity index (χ0v) is 22.1. The first-order valence-electron chi connectivity index (χ1n) is 14.1. The molecule has 0 radical (unpaired) electrons. The lowest BCUT2D eigenvalue weighted by atomic mass is 9.97. The number of benzene rings is 1. The lowest BCUT2D eigenvalue weighted by molar-refractivity contribution is -0.198. The van der Waals surface area contributed by atoms with Crippen molar-refractivity contribution in [3.05, 3.63) is 35.9 Å². The first-order valence-corrected chi connectivity index (χ1v) is 14.1. The normalized spacial score (nSPS) is 15.7. The molecular formula is C29H50N2O4. The van der Waals surface area contributed by atoms with Gasteiger partial charge >= 0.3 is 0 Å². The van der Waals surface area contributed by atoms with Crippen LogP contribution in [-0.4, -0.2) is 59.9 Å². The fourth-order valence-electron chi connectivity index (χ4n) is 4.77. The third-order valence-corrected chi connectivity index (χ3v) is 7.07. The van der Waals surface area contributed by atoms with E-state index in [4.69, 9.17) is 4.74 Å². The Bertz CT molecular complexity index is 662. The van der Waals surface area contributed by atoms with Crippen LogP contribution >= 0.6 is 0 Å². The molecular weight excluding hydrogens is 440 g/mol. The highest BCUT2D eigenvalue weighted by molar-refractivity contribution is 5.76. The molecule has 1 fully saturated rings. The number of hydrogen-bond acceptors (Lipinski definition) is 5. The van der Waals surface area contributed by atoms with E-state index < -0.39 is 11.8 Å². The molecule has 1 atom stereocenters. The number of morpholine rings is 1. The average molecular weight is 491 g/mol. The second-order valence-electron chi connectivity index (χ2n) is 10.1. The van der Waals surface area contributed by atoms with E-state index in [1.165, 1.54) is 64.2 Å². The smallest absolute Gasteiger partial charge is 0.220 e. The summed E-state index contributed by atoms with van der Waals surface area (Å²) in [5, 5.41) is 24.9. The second-order valence-corrected chi connectivity index (χ2v) is 10.1. The van der Waals surface area contributed by atoms with Gasteiger partial charge in [-0.2, -0.15) is 0 Å². The van der Waals surface area contributed by atoms with Gasteiger partial charge in [0, 0.05) is 31.6 Å². The molecule has 1 saturated heterocycles. The molecule has 6 nitrogen and oxygen atoms in total. The Morgan fingerprint density at radius 2 is 1.40 bits per heavy atom. The number of unbranched alkanes of at least 4 members (excludes halogenated alkanes) is 12. The van der Waals surface area contributed by atoms with E-state index in [0.717, 1.165) is 32.4 Å². The molecule has 1 unspecified atom stereocenters. The maximum atomic E-state index is 12.7. The predicted molar refractivity (Wildman–Crippen MR) is 142 cm³/mol. The molecule has 1 aliphatic heterocycles. The van der Waals surface area contributed by atoms with Gasteiger partial charge in [-0.1, -0.05) is 114 Å². The first kappa shape index (κ1) is 29.8. The Labute approximate surface area is 213 Å². The highest BCUT2D eigenvalue weighted by Gasteiger charge is 2.38. The van der Waals surface area contributed by atoms with Crippen molar-refractivity contribution in [2.75, 3.05) is 32.8 Å². The summed E-state index contributed by atoms with van der Waals surface area (Å²) in [6, 6.07) is 7.95. The number of hydrogen-bond donors (Lipinski definition) is 3. The quantitative estimate of drug-likeness (QED) is 0.185. The first-order chi connectivity index (χ1) is 17.0. The van der Waals surface area contributed by atoms with E-state index in [-0.39, 0.29) is 5.91 Å². The monoisotopic (exact) mass is 490 g/mol. The number of nitrogens with one attached hydrogen (secondary N) is 1. The van der Waals surface area contributed by atoms with Crippen LogP contribution in [-0.2, 0) is 15.3 Å². The van der Waals surface area contributed by atoms with Crippen molar-refractivity contribution in [3.8, 4) is 0 Å². The number of nitrogens with zero attached hydrogens (tertiary/aromatic N) is 1. The molecule has 1 aromatic rings. The van der Waals surface area contributed by atoms with E-state index in [9.17, 15) is 15.0 Å². The van der Waals surface area contributed by atoms with Gasteiger partial charge in [0.1, 0.15) is 0 Å². The minimum absolute atomic E-state index is 0.116. The Kier molecular flexibility index (Phi) is 15.2. The summed E-state index contributed by atoms with van der Waals surface area (Å²) in [6.45, 7) is 5.31.